The highest BCUT2D eigenvalue weighted by atomic mass is 32.2. The Morgan fingerprint density at radius 1 is 1.00 bits per heavy atom. The lowest BCUT2D eigenvalue weighted by Crippen LogP contribution is -2.33. The molecule has 1 unspecified atom stereocenters. The molecule has 2 N–H and O–H groups in total. The third kappa shape index (κ3) is 8.16. The van der Waals surface area contributed by atoms with Crippen molar-refractivity contribution in [3.05, 3.63) is 111 Å². The summed E-state index contributed by atoms with van der Waals surface area (Å²) < 4.78 is 30.3. The van der Waals surface area contributed by atoms with Crippen molar-refractivity contribution in [2.45, 2.75) is 64.3 Å². The van der Waals surface area contributed by atoms with Crippen LogP contribution in [0, 0.1) is 24.2 Å². The van der Waals surface area contributed by atoms with E-state index in [1.807, 2.05) is 43.3 Å². The normalized spacial score (nSPS) is 12.1. The average Bonchev–Trinajstić information content (AvgIpc) is 3.09. The first-order valence-electron chi connectivity index (χ1n) is 15.8. The van der Waals surface area contributed by atoms with Gasteiger partial charge in [-0.25, -0.2) is 13.2 Å². The van der Waals surface area contributed by atoms with Gasteiger partial charge in [-0.15, -0.1) is 5.11 Å². The third-order valence-corrected chi connectivity index (χ3v) is 10.1. The van der Waals surface area contributed by atoms with E-state index in [9.17, 15) is 33.5 Å². The molecule has 0 amide bonds. The topological polar surface area (TPSA) is 165 Å². The van der Waals surface area contributed by atoms with Gasteiger partial charge in [-0.05, 0) is 79.8 Å². The van der Waals surface area contributed by atoms with Crippen LogP contribution in [-0.4, -0.2) is 35.7 Å². The summed E-state index contributed by atoms with van der Waals surface area (Å²) in [6.45, 7) is 5.97. The van der Waals surface area contributed by atoms with Crippen LogP contribution in [0.4, 0.5) is 17.1 Å². The second-order valence-electron chi connectivity index (χ2n) is 11.5. The summed E-state index contributed by atoms with van der Waals surface area (Å²) in [7, 11) is -4.10. The minimum atomic E-state index is -4.10. The zero-order chi connectivity index (χ0) is 34.8. The van der Waals surface area contributed by atoms with Crippen LogP contribution >= 0.6 is 0 Å². The zero-order valence-corrected chi connectivity index (χ0v) is 28.0. The molecular weight excluding hydrogens is 630 g/mol. The monoisotopic (exact) mass is 669 g/mol. The molecule has 0 aliphatic heterocycles. The maximum atomic E-state index is 13.9. The summed E-state index contributed by atoms with van der Waals surface area (Å²) >= 11 is 0. The molecule has 11 nitrogen and oxygen atoms in total. The molecule has 0 radical (unpaired) electrons. The fourth-order valence-corrected chi connectivity index (χ4v) is 6.82. The fourth-order valence-electron chi connectivity index (χ4n) is 5.36. The minimum Gasteiger partial charge on any atom is -0.493 e. The lowest BCUT2D eigenvalue weighted by Gasteiger charge is -2.25. The summed E-state index contributed by atoms with van der Waals surface area (Å²) in [4.78, 5) is 24.8. The van der Waals surface area contributed by atoms with Gasteiger partial charge in [0.25, 0.3) is 15.6 Å². The Hall–Kier alpha value is -5.28. The number of carbonyl (C=O) groups is 1. The molecule has 12 heteroatoms. The van der Waals surface area contributed by atoms with Crippen LogP contribution in [0.5, 0.6) is 5.88 Å². The van der Waals surface area contributed by atoms with Crippen LogP contribution in [-0.2, 0) is 23.0 Å². The van der Waals surface area contributed by atoms with Crippen molar-refractivity contribution in [3.63, 3.8) is 0 Å². The number of pyridine rings is 1. The lowest BCUT2D eigenvalue weighted by atomic mass is 9.99. The molecule has 1 aromatic heterocycles. The van der Waals surface area contributed by atoms with Crippen molar-refractivity contribution >= 4 is 33.1 Å². The predicted octanol–water partition coefficient (Wildman–Crippen LogP) is 7.50. The van der Waals surface area contributed by atoms with Gasteiger partial charge in [0, 0.05) is 18.7 Å². The van der Waals surface area contributed by atoms with Crippen LogP contribution in [0.25, 0.3) is 0 Å². The number of rotatable bonds is 15. The van der Waals surface area contributed by atoms with Gasteiger partial charge >= 0.3 is 5.97 Å². The van der Waals surface area contributed by atoms with Gasteiger partial charge in [0.1, 0.15) is 11.6 Å². The Morgan fingerprint density at radius 2 is 1.67 bits per heavy atom. The van der Waals surface area contributed by atoms with E-state index < -0.39 is 27.4 Å². The molecule has 4 aromatic rings. The number of nitrogens with zero attached hydrogens (tertiary/aromatic N) is 5. The van der Waals surface area contributed by atoms with Crippen molar-refractivity contribution in [2.24, 2.45) is 16.1 Å². The summed E-state index contributed by atoms with van der Waals surface area (Å²) in [6, 6.07) is 22.7. The number of nitriles is 1. The minimum absolute atomic E-state index is 0.0237. The highest BCUT2D eigenvalue weighted by molar-refractivity contribution is 7.92. The van der Waals surface area contributed by atoms with E-state index in [2.05, 4.69) is 17.2 Å². The number of unbranched alkanes of at least 4 members (excludes halogenated alkanes) is 1. The molecule has 4 rings (SSSR count). The number of azo groups is 1. The number of carboxylic acid groups (broad SMARTS) is 1. The Morgan fingerprint density at radius 3 is 2.25 bits per heavy atom. The Bertz CT molecular complexity index is 1970. The number of benzene rings is 3. The predicted molar refractivity (Wildman–Crippen MR) is 184 cm³/mol. The van der Waals surface area contributed by atoms with Gasteiger partial charge in [0.2, 0.25) is 5.88 Å². The molecule has 48 heavy (non-hydrogen) atoms. The van der Waals surface area contributed by atoms with Gasteiger partial charge in [-0.2, -0.15) is 10.4 Å². The molecule has 0 spiro atoms. The van der Waals surface area contributed by atoms with Gasteiger partial charge in [-0.3, -0.25) is 13.7 Å². The van der Waals surface area contributed by atoms with Crippen LogP contribution in [0.15, 0.2) is 98.8 Å². The van der Waals surface area contributed by atoms with Crippen molar-refractivity contribution in [1.29, 1.82) is 5.26 Å². The number of aromatic nitrogens is 1. The molecule has 0 aliphatic rings. The summed E-state index contributed by atoms with van der Waals surface area (Å²) in [6.07, 6.45) is 4.06. The third-order valence-electron chi connectivity index (χ3n) is 8.29. The molecule has 0 aliphatic carbocycles. The number of hydrogen-bond donors (Lipinski definition) is 2. The average molecular weight is 670 g/mol. The second-order valence-corrected chi connectivity index (χ2v) is 13.3. The summed E-state index contributed by atoms with van der Waals surface area (Å²) in [5.74, 6) is -1.38. The first-order chi connectivity index (χ1) is 23.0. The van der Waals surface area contributed by atoms with Crippen molar-refractivity contribution in [2.75, 3.05) is 10.8 Å². The largest absolute Gasteiger partial charge is 0.493 e. The van der Waals surface area contributed by atoms with Crippen LogP contribution < -0.4 is 9.86 Å². The molecule has 1 atom stereocenters. The highest BCUT2D eigenvalue weighted by Crippen LogP contribution is 2.30. The van der Waals surface area contributed by atoms with Crippen molar-refractivity contribution in [1.82, 2.24) is 4.57 Å². The molecule has 0 bridgehead atoms. The molecule has 3 aromatic carbocycles. The second kappa shape index (κ2) is 16.0. The SMILES string of the molecule is CCCCC(CC)Cn1c(O)c(C#N)c(C)c(N=Nc2ccc(S(=O)(=O)N(CCc3ccccc3)c3ccc(C(=O)O)cc3)cc2)c1=O. The van der Waals surface area contributed by atoms with Crippen LogP contribution in [0.3, 0.4) is 0 Å². The molecule has 1 heterocycles. The number of sulfonamides is 1. The Kier molecular flexibility index (Phi) is 11.9. The van der Waals surface area contributed by atoms with Gasteiger partial charge in [0.15, 0.2) is 5.69 Å². The van der Waals surface area contributed by atoms with Gasteiger partial charge in [0.05, 0.1) is 21.8 Å². The highest BCUT2D eigenvalue weighted by Gasteiger charge is 2.26. The van der Waals surface area contributed by atoms with E-state index in [1.54, 1.807) is 0 Å². The Balaban J connectivity index is 1.65. The van der Waals surface area contributed by atoms with E-state index in [-0.39, 0.29) is 52.0 Å². The standard InChI is InChI=1S/C36H39N5O6S/c1-4-6-10-26(5-2)24-40-34(42)32(23-37)25(3)33(35(40)43)39-38-29-15-19-31(20-16-29)48(46,47)41(22-21-27-11-8-7-9-12-27)30-17-13-28(14-18-30)36(44)45/h7-9,11-20,26,42H,4-6,10,21-22,24H2,1-3H3,(H,44,45). The smallest absolute Gasteiger partial charge is 0.335 e. The number of aromatic hydroxyl groups is 1. The summed E-state index contributed by atoms with van der Waals surface area (Å²) in [5.41, 5.74) is 1.05. The van der Waals surface area contributed by atoms with Crippen molar-refractivity contribution in [3.8, 4) is 11.9 Å². The lowest BCUT2D eigenvalue weighted by molar-refractivity contribution is 0.0697. The maximum Gasteiger partial charge on any atom is 0.335 e. The first kappa shape index (κ1) is 35.6. The van der Waals surface area contributed by atoms with Crippen LogP contribution in [0.2, 0.25) is 0 Å². The quantitative estimate of drug-likeness (QED) is 0.124. The summed E-state index contributed by atoms with van der Waals surface area (Å²) in [5, 5.41) is 38.2. The van der Waals surface area contributed by atoms with E-state index >= 15 is 0 Å². The van der Waals surface area contributed by atoms with Crippen LogP contribution in [0.1, 0.15) is 66.6 Å². The fraction of sp³-hybridized carbons (Fsp3) is 0.306. The number of aromatic carboxylic acids is 1. The van der Waals surface area contributed by atoms with Crippen molar-refractivity contribution < 1.29 is 23.4 Å². The number of anilines is 1. The maximum absolute atomic E-state index is 13.9. The zero-order valence-electron chi connectivity index (χ0n) is 27.2. The molecule has 250 valence electrons. The van der Waals surface area contributed by atoms with E-state index in [1.165, 1.54) is 64.3 Å². The molecule has 0 fully saturated rings. The molecule has 0 saturated heterocycles. The number of carboxylic acids is 1. The van der Waals surface area contributed by atoms with Gasteiger partial charge in [-0.1, -0.05) is 63.4 Å². The number of hydrogen-bond acceptors (Lipinski definition) is 8. The van der Waals surface area contributed by atoms with E-state index in [0.717, 1.165) is 31.2 Å². The van der Waals surface area contributed by atoms with E-state index in [4.69, 9.17) is 0 Å². The first-order valence-corrected chi connectivity index (χ1v) is 17.2. The molecule has 0 saturated carbocycles. The molecular formula is C36H39N5O6S. The Labute approximate surface area is 280 Å². The van der Waals surface area contributed by atoms with E-state index in [0.29, 0.717) is 12.1 Å². The van der Waals surface area contributed by atoms with Gasteiger partial charge < -0.3 is 10.2 Å².